The topological polar surface area (TPSA) is 29.5 Å². The maximum atomic E-state index is 11.9. The lowest BCUT2D eigenvalue weighted by Crippen LogP contribution is -2.35. The van der Waals surface area contributed by atoms with Gasteiger partial charge in [0, 0.05) is 13.1 Å². The van der Waals surface area contributed by atoms with Gasteiger partial charge in [-0.3, -0.25) is 0 Å². The molecule has 2 aliphatic rings. The summed E-state index contributed by atoms with van der Waals surface area (Å²) in [7, 11) is 0. The summed E-state index contributed by atoms with van der Waals surface area (Å²) in [5.41, 5.74) is 0.956. The van der Waals surface area contributed by atoms with Gasteiger partial charge in [-0.15, -0.1) is 0 Å². The van der Waals surface area contributed by atoms with Gasteiger partial charge in [-0.1, -0.05) is 12.2 Å². The molecule has 0 bridgehead atoms. The average Bonchev–Trinajstić information content (AvgIpc) is 2.56. The molecule has 0 aromatic heterocycles. The molecular weight excluding hydrogens is 202 g/mol. The molecular formula is C13H21NO2. The molecule has 1 heterocycles. The molecule has 90 valence electrons. The molecule has 3 nitrogen and oxygen atoms in total. The van der Waals surface area contributed by atoms with Crippen LogP contribution in [-0.2, 0) is 4.74 Å². The molecule has 0 spiro atoms. The normalized spacial score (nSPS) is 29.4. The SMILES string of the molecule is C=C1CC2CN(C(=O)OC(C)(C)C)C[C@H]2C1. The second-order valence-corrected chi connectivity index (χ2v) is 6.06. The minimum atomic E-state index is -0.390. The summed E-state index contributed by atoms with van der Waals surface area (Å²) in [6.45, 7) is 11.4. The molecule has 1 saturated heterocycles. The first-order valence-electron chi connectivity index (χ1n) is 6.00. The molecule has 2 fully saturated rings. The van der Waals surface area contributed by atoms with E-state index in [0.29, 0.717) is 11.8 Å². The quantitative estimate of drug-likeness (QED) is 0.591. The van der Waals surface area contributed by atoms with Gasteiger partial charge < -0.3 is 9.64 Å². The van der Waals surface area contributed by atoms with Crippen molar-refractivity contribution >= 4 is 6.09 Å². The highest BCUT2D eigenvalue weighted by Crippen LogP contribution is 2.40. The maximum Gasteiger partial charge on any atom is 0.410 e. The van der Waals surface area contributed by atoms with Crippen LogP contribution in [0.25, 0.3) is 0 Å². The predicted octanol–water partition coefficient (Wildman–Crippen LogP) is 2.82. The summed E-state index contributed by atoms with van der Waals surface area (Å²) in [6.07, 6.45) is 2.01. The molecule has 1 unspecified atom stereocenters. The van der Waals surface area contributed by atoms with E-state index in [1.807, 2.05) is 25.7 Å². The summed E-state index contributed by atoms with van der Waals surface area (Å²) in [4.78, 5) is 13.7. The molecule has 1 aliphatic heterocycles. The highest BCUT2D eigenvalue weighted by Gasteiger charge is 2.40. The van der Waals surface area contributed by atoms with Crippen molar-refractivity contribution in [2.75, 3.05) is 13.1 Å². The summed E-state index contributed by atoms with van der Waals surface area (Å²) < 4.78 is 5.38. The van der Waals surface area contributed by atoms with Crippen molar-refractivity contribution < 1.29 is 9.53 Å². The molecule has 2 atom stereocenters. The van der Waals surface area contributed by atoms with Gasteiger partial charge in [-0.05, 0) is 45.4 Å². The average molecular weight is 223 g/mol. The van der Waals surface area contributed by atoms with Gasteiger partial charge in [0.15, 0.2) is 0 Å². The van der Waals surface area contributed by atoms with Gasteiger partial charge in [0.05, 0.1) is 0 Å². The first-order chi connectivity index (χ1) is 7.35. The summed E-state index contributed by atoms with van der Waals surface area (Å²) in [5.74, 6) is 1.25. The van der Waals surface area contributed by atoms with E-state index >= 15 is 0 Å². The number of amides is 1. The minimum absolute atomic E-state index is 0.160. The monoisotopic (exact) mass is 223 g/mol. The first-order valence-corrected chi connectivity index (χ1v) is 6.00. The molecule has 0 radical (unpaired) electrons. The zero-order valence-corrected chi connectivity index (χ0v) is 10.5. The van der Waals surface area contributed by atoms with Crippen molar-refractivity contribution in [2.24, 2.45) is 11.8 Å². The lowest BCUT2D eigenvalue weighted by Gasteiger charge is -2.24. The number of nitrogens with zero attached hydrogens (tertiary/aromatic N) is 1. The zero-order chi connectivity index (χ0) is 11.9. The molecule has 3 heteroatoms. The summed E-state index contributed by atoms with van der Waals surface area (Å²) in [5, 5.41) is 0. The lowest BCUT2D eigenvalue weighted by atomic mass is 10.0. The van der Waals surface area contributed by atoms with E-state index in [1.165, 1.54) is 5.57 Å². The first kappa shape index (κ1) is 11.5. The largest absolute Gasteiger partial charge is 0.444 e. The van der Waals surface area contributed by atoms with Gasteiger partial charge in [-0.25, -0.2) is 4.79 Å². The molecule has 2 rings (SSSR count). The Morgan fingerprint density at radius 2 is 1.81 bits per heavy atom. The number of allylic oxidation sites excluding steroid dienone is 1. The lowest BCUT2D eigenvalue weighted by molar-refractivity contribution is 0.0282. The van der Waals surface area contributed by atoms with Gasteiger partial charge in [0.1, 0.15) is 5.60 Å². The van der Waals surface area contributed by atoms with E-state index in [2.05, 4.69) is 6.58 Å². The molecule has 1 amide bonds. The highest BCUT2D eigenvalue weighted by atomic mass is 16.6. The number of hydrogen-bond donors (Lipinski definition) is 0. The van der Waals surface area contributed by atoms with Gasteiger partial charge in [0.25, 0.3) is 0 Å². The van der Waals surface area contributed by atoms with E-state index in [4.69, 9.17) is 4.74 Å². The van der Waals surface area contributed by atoms with Crippen molar-refractivity contribution in [3.8, 4) is 0 Å². The highest BCUT2D eigenvalue weighted by molar-refractivity contribution is 5.68. The van der Waals surface area contributed by atoms with Crippen molar-refractivity contribution in [1.82, 2.24) is 4.90 Å². The van der Waals surface area contributed by atoms with Crippen LogP contribution < -0.4 is 0 Å². The standard InChI is InChI=1S/C13H21NO2/c1-9-5-10-7-14(8-11(10)6-9)12(15)16-13(2,3)4/h10-11H,1,5-8H2,2-4H3/t10-,11?/m1/s1. The van der Waals surface area contributed by atoms with Gasteiger partial charge in [0.2, 0.25) is 0 Å². The maximum absolute atomic E-state index is 11.9. The zero-order valence-electron chi connectivity index (χ0n) is 10.5. The van der Waals surface area contributed by atoms with E-state index in [0.717, 1.165) is 25.9 Å². The van der Waals surface area contributed by atoms with Crippen LogP contribution in [0.5, 0.6) is 0 Å². The van der Waals surface area contributed by atoms with Crippen LogP contribution in [-0.4, -0.2) is 29.7 Å². The van der Waals surface area contributed by atoms with Crippen molar-refractivity contribution in [3.63, 3.8) is 0 Å². The third-order valence-corrected chi connectivity index (χ3v) is 3.33. The molecule has 1 saturated carbocycles. The van der Waals surface area contributed by atoms with Crippen LogP contribution in [0.4, 0.5) is 4.79 Å². The Morgan fingerprint density at radius 3 is 2.25 bits per heavy atom. The van der Waals surface area contributed by atoms with Crippen molar-refractivity contribution in [1.29, 1.82) is 0 Å². The van der Waals surface area contributed by atoms with E-state index in [1.54, 1.807) is 0 Å². The Morgan fingerprint density at radius 1 is 1.31 bits per heavy atom. The van der Waals surface area contributed by atoms with Crippen LogP contribution in [0, 0.1) is 11.8 Å². The fourth-order valence-electron chi connectivity index (χ4n) is 2.70. The van der Waals surface area contributed by atoms with Crippen LogP contribution in [0.1, 0.15) is 33.6 Å². The number of carbonyl (C=O) groups excluding carboxylic acids is 1. The second-order valence-electron chi connectivity index (χ2n) is 6.06. The Balaban J connectivity index is 1.90. The third kappa shape index (κ3) is 2.39. The summed E-state index contributed by atoms with van der Waals surface area (Å²) >= 11 is 0. The number of carbonyl (C=O) groups is 1. The van der Waals surface area contributed by atoms with E-state index in [-0.39, 0.29) is 6.09 Å². The van der Waals surface area contributed by atoms with Crippen LogP contribution in [0.2, 0.25) is 0 Å². The molecule has 0 N–H and O–H groups in total. The number of hydrogen-bond acceptors (Lipinski definition) is 2. The van der Waals surface area contributed by atoms with E-state index in [9.17, 15) is 4.79 Å². The number of ether oxygens (including phenoxy) is 1. The second kappa shape index (κ2) is 3.79. The Hall–Kier alpha value is -0.990. The fraction of sp³-hybridized carbons (Fsp3) is 0.769. The Bertz CT molecular complexity index is 300. The molecule has 1 aliphatic carbocycles. The predicted molar refractivity (Wildman–Crippen MR) is 63.2 cm³/mol. The van der Waals surface area contributed by atoms with Crippen molar-refractivity contribution in [3.05, 3.63) is 12.2 Å². The third-order valence-electron chi connectivity index (χ3n) is 3.33. The number of fused-ring (bicyclic) bond motifs is 1. The van der Waals surface area contributed by atoms with Crippen LogP contribution in [0.3, 0.4) is 0 Å². The molecule has 16 heavy (non-hydrogen) atoms. The number of likely N-dealkylation sites (tertiary alicyclic amines) is 1. The van der Waals surface area contributed by atoms with Crippen LogP contribution >= 0.6 is 0 Å². The van der Waals surface area contributed by atoms with E-state index < -0.39 is 5.60 Å². The summed E-state index contributed by atoms with van der Waals surface area (Å²) in [6, 6.07) is 0. The van der Waals surface area contributed by atoms with Crippen molar-refractivity contribution in [2.45, 2.75) is 39.2 Å². The number of rotatable bonds is 0. The minimum Gasteiger partial charge on any atom is -0.444 e. The molecule has 0 aromatic carbocycles. The molecule has 0 aromatic rings. The fourth-order valence-corrected chi connectivity index (χ4v) is 2.70. The Kier molecular flexibility index (Phi) is 2.72. The Labute approximate surface area is 97.5 Å². The van der Waals surface area contributed by atoms with Gasteiger partial charge in [-0.2, -0.15) is 0 Å². The van der Waals surface area contributed by atoms with Crippen LogP contribution in [0.15, 0.2) is 12.2 Å². The smallest absolute Gasteiger partial charge is 0.410 e. The van der Waals surface area contributed by atoms with Gasteiger partial charge >= 0.3 is 6.09 Å².